The topological polar surface area (TPSA) is 20.2 Å². The van der Waals surface area contributed by atoms with Gasteiger partial charge in [-0.1, -0.05) is 12.5 Å². The minimum atomic E-state index is -4.10. The molecule has 1 N–H and O–H groups in total. The third kappa shape index (κ3) is 3.28. The van der Waals surface area contributed by atoms with Crippen molar-refractivity contribution in [2.24, 2.45) is 11.8 Å². The van der Waals surface area contributed by atoms with Crippen LogP contribution >= 0.6 is 0 Å². The van der Waals surface area contributed by atoms with E-state index in [0.29, 0.717) is 6.42 Å². The first kappa shape index (κ1) is 13.9. The van der Waals surface area contributed by atoms with Gasteiger partial charge in [-0.3, -0.25) is 0 Å². The summed E-state index contributed by atoms with van der Waals surface area (Å²) in [5, 5.41) is 10.2. The molecule has 1 fully saturated rings. The first-order chi connectivity index (χ1) is 8.48. The van der Waals surface area contributed by atoms with Crippen molar-refractivity contribution in [3.8, 4) is 0 Å². The Labute approximate surface area is 106 Å². The smallest absolute Gasteiger partial charge is 0.388 e. The Morgan fingerprint density at radius 2 is 1.94 bits per heavy atom. The van der Waals surface area contributed by atoms with Crippen LogP contribution in [-0.4, -0.2) is 17.4 Å². The summed E-state index contributed by atoms with van der Waals surface area (Å²) in [7, 11) is 0. The van der Waals surface area contributed by atoms with E-state index in [0.717, 1.165) is 37.7 Å². The van der Waals surface area contributed by atoms with Gasteiger partial charge in [0.1, 0.15) is 0 Å². The summed E-state index contributed by atoms with van der Waals surface area (Å²) in [4.78, 5) is 0. The van der Waals surface area contributed by atoms with Crippen LogP contribution in [0.25, 0.3) is 0 Å². The van der Waals surface area contributed by atoms with Crippen molar-refractivity contribution in [2.75, 3.05) is 0 Å². The van der Waals surface area contributed by atoms with Gasteiger partial charge in [0.2, 0.25) is 0 Å². The molecule has 0 aliphatic heterocycles. The Kier molecular flexibility index (Phi) is 4.36. The van der Waals surface area contributed by atoms with Gasteiger partial charge in [-0.25, -0.2) is 0 Å². The standard InChI is InChI=1S/C14H21F3O/c15-14(16,17)12-8-4-7-11(9-12)13(18)10-5-2-1-3-6-10/h5,11-13,18H,1-4,6-9H2. The van der Waals surface area contributed by atoms with E-state index in [9.17, 15) is 18.3 Å². The fraction of sp³-hybridized carbons (Fsp3) is 0.857. The van der Waals surface area contributed by atoms with Gasteiger partial charge in [0.25, 0.3) is 0 Å². The SMILES string of the molecule is OC(C1=CCCCC1)C1CCCC(C(F)(F)F)C1. The van der Waals surface area contributed by atoms with E-state index < -0.39 is 18.2 Å². The van der Waals surface area contributed by atoms with Crippen LogP contribution in [0, 0.1) is 11.8 Å². The fourth-order valence-electron chi connectivity index (χ4n) is 3.25. The molecule has 0 aromatic carbocycles. The highest BCUT2D eigenvalue weighted by Gasteiger charge is 2.43. The molecular formula is C14H21F3O. The lowest BCUT2D eigenvalue weighted by atomic mass is 9.75. The molecule has 0 spiro atoms. The lowest BCUT2D eigenvalue weighted by Crippen LogP contribution is -2.34. The molecule has 1 nitrogen and oxygen atoms in total. The van der Waals surface area contributed by atoms with Gasteiger partial charge in [-0.15, -0.1) is 0 Å². The van der Waals surface area contributed by atoms with Crippen molar-refractivity contribution < 1.29 is 18.3 Å². The van der Waals surface area contributed by atoms with Crippen LogP contribution in [-0.2, 0) is 0 Å². The largest absolute Gasteiger partial charge is 0.391 e. The van der Waals surface area contributed by atoms with Gasteiger partial charge in [0, 0.05) is 0 Å². The molecule has 0 radical (unpaired) electrons. The number of aliphatic hydroxyl groups excluding tert-OH is 1. The molecule has 0 saturated heterocycles. The van der Waals surface area contributed by atoms with Crippen molar-refractivity contribution in [3.05, 3.63) is 11.6 Å². The normalized spacial score (nSPS) is 31.9. The van der Waals surface area contributed by atoms with Gasteiger partial charge >= 0.3 is 6.18 Å². The van der Waals surface area contributed by atoms with Crippen molar-refractivity contribution in [1.82, 2.24) is 0 Å². The van der Waals surface area contributed by atoms with E-state index in [4.69, 9.17) is 0 Å². The second-order valence-electron chi connectivity index (χ2n) is 5.63. The lowest BCUT2D eigenvalue weighted by molar-refractivity contribution is -0.188. The number of rotatable bonds is 2. The molecule has 2 aliphatic carbocycles. The number of hydrogen-bond acceptors (Lipinski definition) is 1. The molecule has 4 heteroatoms. The Hall–Kier alpha value is -0.510. The van der Waals surface area contributed by atoms with Gasteiger partial charge in [-0.2, -0.15) is 13.2 Å². The molecule has 0 bridgehead atoms. The molecular weight excluding hydrogens is 241 g/mol. The minimum absolute atomic E-state index is 0.0992. The first-order valence-corrected chi connectivity index (χ1v) is 6.92. The molecule has 3 unspecified atom stereocenters. The van der Waals surface area contributed by atoms with Crippen LogP contribution in [0.1, 0.15) is 51.4 Å². The predicted octanol–water partition coefficient (Wildman–Crippen LogP) is 4.22. The number of alkyl halides is 3. The number of aliphatic hydroxyl groups is 1. The summed E-state index contributed by atoms with van der Waals surface area (Å²) in [5.74, 6) is -1.41. The summed E-state index contributed by atoms with van der Waals surface area (Å²) in [5.41, 5.74) is 0.981. The maximum Gasteiger partial charge on any atom is 0.391 e. The van der Waals surface area contributed by atoms with Crippen molar-refractivity contribution in [3.63, 3.8) is 0 Å². The first-order valence-electron chi connectivity index (χ1n) is 6.92. The molecule has 0 aromatic rings. The molecule has 104 valence electrons. The van der Waals surface area contributed by atoms with Crippen LogP contribution in [0.3, 0.4) is 0 Å². The molecule has 1 saturated carbocycles. The fourth-order valence-corrected chi connectivity index (χ4v) is 3.25. The van der Waals surface area contributed by atoms with Crippen molar-refractivity contribution in [1.29, 1.82) is 0 Å². The lowest BCUT2D eigenvalue weighted by Gasteiger charge is -2.34. The zero-order valence-corrected chi connectivity index (χ0v) is 10.5. The zero-order chi connectivity index (χ0) is 13.2. The second-order valence-corrected chi connectivity index (χ2v) is 5.63. The van der Waals surface area contributed by atoms with Crippen LogP contribution in [0.5, 0.6) is 0 Å². The van der Waals surface area contributed by atoms with E-state index in [1.54, 1.807) is 0 Å². The molecule has 3 atom stereocenters. The van der Waals surface area contributed by atoms with Crippen molar-refractivity contribution in [2.45, 2.75) is 63.6 Å². The highest BCUT2D eigenvalue weighted by molar-refractivity contribution is 5.12. The number of hydrogen-bond donors (Lipinski definition) is 1. The highest BCUT2D eigenvalue weighted by atomic mass is 19.4. The molecule has 18 heavy (non-hydrogen) atoms. The minimum Gasteiger partial charge on any atom is -0.388 e. The van der Waals surface area contributed by atoms with Gasteiger partial charge in [-0.05, 0) is 56.4 Å². The van der Waals surface area contributed by atoms with Gasteiger partial charge < -0.3 is 5.11 Å². The average Bonchev–Trinajstić information content (AvgIpc) is 2.38. The number of allylic oxidation sites excluding steroid dienone is 1. The summed E-state index contributed by atoms with van der Waals surface area (Å²) >= 11 is 0. The van der Waals surface area contributed by atoms with Crippen LogP contribution in [0.2, 0.25) is 0 Å². The maximum atomic E-state index is 12.7. The predicted molar refractivity (Wildman–Crippen MR) is 64.1 cm³/mol. The van der Waals surface area contributed by atoms with Crippen LogP contribution in [0.4, 0.5) is 13.2 Å². The van der Waals surface area contributed by atoms with E-state index >= 15 is 0 Å². The molecule has 2 aliphatic rings. The monoisotopic (exact) mass is 262 g/mol. The Morgan fingerprint density at radius 1 is 1.17 bits per heavy atom. The summed E-state index contributed by atoms with van der Waals surface area (Å²) in [6.45, 7) is 0. The van der Waals surface area contributed by atoms with Gasteiger partial charge in [0.05, 0.1) is 12.0 Å². The number of halogens is 3. The summed E-state index contributed by atoms with van der Waals surface area (Å²) < 4.78 is 38.2. The second kappa shape index (κ2) is 5.64. The van der Waals surface area contributed by atoms with Crippen molar-refractivity contribution >= 4 is 0 Å². The van der Waals surface area contributed by atoms with Crippen LogP contribution < -0.4 is 0 Å². The third-order valence-corrected chi connectivity index (χ3v) is 4.33. The molecule has 0 amide bonds. The maximum absolute atomic E-state index is 12.7. The molecule has 0 heterocycles. The van der Waals surface area contributed by atoms with E-state index in [-0.39, 0.29) is 18.8 Å². The Balaban J connectivity index is 1.98. The van der Waals surface area contributed by atoms with Crippen LogP contribution in [0.15, 0.2) is 11.6 Å². The quantitative estimate of drug-likeness (QED) is 0.739. The summed E-state index contributed by atoms with van der Waals surface area (Å²) in [6, 6.07) is 0. The third-order valence-electron chi connectivity index (χ3n) is 4.33. The average molecular weight is 262 g/mol. The Bertz CT molecular complexity index is 309. The van der Waals surface area contributed by atoms with E-state index in [1.165, 1.54) is 0 Å². The summed E-state index contributed by atoms with van der Waals surface area (Å²) in [6.07, 6.45) is 2.93. The zero-order valence-electron chi connectivity index (χ0n) is 10.5. The molecule has 0 aromatic heterocycles. The van der Waals surface area contributed by atoms with Gasteiger partial charge in [0.15, 0.2) is 0 Å². The Morgan fingerprint density at radius 3 is 2.56 bits per heavy atom. The highest BCUT2D eigenvalue weighted by Crippen LogP contribution is 2.42. The van der Waals surface area contributed by atoms with E-state index in [1.807, 2.05) is 6.08 Å². The van der Waals surface area contributed by atoms with E-state index in [2.05, 4.69) is 0 Å². The molecule has 2 rings (SSSR count).